The van der Waals surface area contributed by atoms with Gasteiger partial charge in [-0.2, -0.15) is 5.10 Å². The number of aromatic nitrogens is 2. The molecule has 1 heterocycles. The van der Waals surface area contributed by atoms with E-state index in [1.165, 1.54) is 0 Å². The van der Waals surface area contributed by atoms with Crippen LogP contribution in [0.15, 0.2) is 17.7 Å². The second-order valence-corrected chi connectivity index (χ2v) is 5.17. The third-order valence-corrected chi connectivity index (χ3v) is 2.50. The number of amides is 1. The maximum Gasteiger partial charge on any atom is 0.252 e. The summed E-state index contributed by atoms with van der Waals surface area (Å²) in [6, 6.07) is 1.87. The van der Waals surface area contributed by atoms with Crippen LogP contribution in [-0.2, 0) is 10.2 Å². The molecule has 0 spiro atoms. The van der Waals surface area contributed by atoms with Gasteiger partial charge in [0.1, 0.15) is 0 Å². The van der Waals surface area contributed by atoms with Gasteiger partial charge >= 0.3 is 0 Å². The molecule has 1 aromatic rings. The van der Waals surface area contributed by atoms with Crippen LogP contribution in [0.5, 0.6) is 0 Å². The van der Waals surface area contributed by atoms with Crippen molar-refractivity contribution >= 4 is 11.7 Å². The molecule has 0 aromatic carbocycles. The van der Waals surface area contributed by atoms with Crippen molar-refractivity contribution in [1.29, 1.82) is 0 Å². The number of nitrogens with one attached hydrogen (secondary N) is 2. The van der Waals surface area contributed by atoms with Crippen LogP contribution in [0.1, 0.15) is 46.7 Å². The van der Waals surface area contributed by atoms with Crippen LogP contribution < -0.4 is 5.32 Å². The van der Waals surface area contributed by atoms with Gasteiger partial charge in [0.2, 0.25) is 0 Å². The molecule has 0 radical (unpaired) electrons. The van der Waals surface area contributed by atoms with Gasteiger partial charge in [-0.05, 0) is 13.3 Å². The Morgan fingerprint density at radius 1 is 1.53 bits per heavy atom. The molecule has 0 saturated heterocycles. The molecule has 0 aliphatic carbocycles. The van der Waals surface area contributed by atoms with Gasteiger partial charge in [-0.15, -0.1) is 0 Å². The largest absolute Gasteiger partial charge is 0.305 e. The smallest absolute Gasteiger partial charge is 0.252 e. The Labute approximate surface area is 102 Å². The molecule has 0 saturated carbocycles. The molecular formula is C13H21N3O. The zero-order chi connectivity index (χ0) is 13.1. The number of hydrogen-bond acceptors (Lipinski definition) is 2. The average Bonchev–Trinajstić information content (AvgIpc) is 2.66. The summed E-state index contributed by atoms with van der Waals surface area (Å²) in [5.74, 6) is 0.475. The van der Waals surface area contributed by atoms with Crippen LogP contribution in [0.4, 0.5) is 5.82 Å². The van der Waals surface area contributed by atoms with E-state index in [4.69, 9.17) is 0 Å². The maximum absolute atomic E-state index is 11.7. The van der Waals surface area contributed by atoms with Gasteiger partial charge in [-0.3, -0.25) is 9.89 Å². The standard InChI is InChI=1S/C13H21N3O/c1-6-7-9(2)12(17)14-11-8-10(15-16-11)13(3,4)5/h7-8H,6H2,1-5H3,(H2,14,15,16,17)/b9-7-. The van der Waals surface area contributed by atoms with Crippen LogP contribution in [0, 0.1) is 0 Å². The molecule has 2 N–H and O–H groups in total. The van der Waals surface area contributed by atoms with Gasteiger partial charge in [-0.1, -0.05) is 33.8 Å². The minimum Gasteiger partial charge on any atom is -0.305 e. The Morgan fingerprint density at radius 3 is 2.65 bits per heavy atom. The first-order chi connectivity index (χ1) is 7.84. The Hall–Kier alpha value is -1.58. The molecule has 4 heteroatoms. The number of anilines is 1. The van der Waals surface area contributed by atoms with Crippen molar-refractivity contribution < 1.29 is 4.79 Å². The summed E-state index contributed by atoms with van der Waals surface area (Å²) in [5.41, 5.74) is 1.72. The van der Waals surface area contributed by atoms with Crippen LogP contribution in [0.3, 0.4) is 0 Å². The van der Waals surface area contributed by atoms with E-state index in [1.54, 1.807) is 6.92 Å². The monoisotopic (exact) mass is 235 g/mol. The molecule has 1 aromatic heterocycles. The Bertz CT molecular complexity index is 424. The molecule has 0 aliphatic heterocycles. The summed E-state index contributed by atoms with van der Waals surface area (Å²) in [6.45, 7) is 10.1. The average molecular weight is 235 g/mol. The lowest BCUT2D eigenvalue weighted by atomic mass is 9.92. The lowest BCUT2D eigenvalue weighted by molar-refractivity contribution is -0.112. The summed E-state index contributed by atoms with van der Waals surface area (Å²) in [6.07, 6.45) is 2.75. The Balaban J connectivity index is 2.74. The maximum atomic E-state index is 11.7. The summed E-state index contributed by atoms with van der Waals surface area (Å²) >= 11 is 0. The van der Waals surface area contributed by atoms with Crippen molar-refractivity contribution in [2.24, 2.45) is 0 Å². The molecule has 0 bridgehead atoms. The predicted molar refractivity (Wildman–Crippen MR) is 70.0 cm³/mol. The molecular weight excluding hydrogens is 214 g/mol. The lowest BCUT2D eigenvalue weighted by Gasteiger charge is -2.14. The van der Waals surface area contributed by atoms with Gasteiger partial charge in [0.05, 0.1) is 0 Å². The van der Waals surface area contributed by atoms with Crippen LogP contribution in [-0.4, -0.2) is 16.1 Å². The second-order valence-electron chi connectivity index (χ2n) is 5.17. The van der Waals surface area contributed by atoms with E-state index in [0.29, 0.717) is 11.4 Å². The predicted octanol–water partition coefficient (Wildman–Crippen LogP) is 3.00. The highest BCUT2D eigenvalue weighted by molar-refractivity contribution is 6.02. The minimum atomic E-state index is -0.0983. The molecule has 0 unspecified atom stereocenters. The fourth-order valence-electron chi connectivity index (χ4n) is 1.38. The summed E-state index contributed by atoms with van der Waals surface area (Å²) in [4.78, 5) is 11.7. The molecule has 0 fully saturated rings. The van der Waals surface area contributed by atoms with Crippen LogP contribution in [0.25, 0.3) is 0 Å². The highest BCUT2D eigenvalue weighted by atomic mass is 16.1. The first-order valence-corrected chi connectivity index (χ1v) is 5.88. The van der Waals surface area contributed by atoms with Gasteiger partial charge in [-0.25, -0.2) is 0 Å². The van der Waals surface area contributed by atoms with Crippen LogP contribution in [0.2, 0.25) is 0 Å². The fraction of sp³-hybridized carbons (Fsp3) is 0.538. The van der Waals surface area contributed by atoms with Gasteiger partial charge in [0.15, 0.2) is 5.82 Å². The lowest BCUT2D eigenvalue weighted by Crippen LogP contribution is -2.13. The van der Waals surface area contributed by atoms with Gasteiger partial charge in [0.25, 0.3) is 5.91 Å². The Kier molecular flexibility index (Phi) is 4.10. The number of aromatic amines is 1. The molecule has 1 amide bonds. The molecule has 1 rings (SSSR count). The molecule has 0 atom stereocenters. The number of H-pyrrole nitrogens is 1. The molecule has 94 valence electrons. The zero-order valence-corrected chi connectivity index (χ0v) is 11.2. The van der Waals surface area contributed by atoms with Crippen molar-refractivity contribution in [3.8, 4) is 0 Å². The van der Waals surface area contributed by atoms with Gasteiger partial charge < -0.3 is 5.32 Å². The molecule has 17 heavy (non-hydrogen) atoms. The Morgan fingerprint density at radius 2 is 2.18 bits per heavy atom. The third-order valence-electron chi connectivity index (χ3n) is 2.50. The first kappa shape index (κ1) is 13.5. The van der Waals surface area contributed by atoms with E-state index in [2.05, 4.69) is 36.3 Å². The van der Waals surface area contributed by atoms with E-state index in [0.717, 1.165) is 12.1 Å². The highest BCUT2D eigenvalue weighted by Crippen LogP contribution is 2.22. The zero-order valence-electron chi connectivity index (χ0n) is 11.2. The van der Waals surface area contributed by atoms with E-state index in [9.17, 15) is 4.79 Å². The minimum absolute atomic E-state index is 0.00425. The van der Waals surface area contributed by atoms with E-state index in [-0.39, 0.29) is 11.3 Å². The number of carbonyl (C=O) groups excluding carboxylic acids is 1. The summed E-state index contributed by atoms with van der Waals surface area (Å²) < 4.78 is 0. The van der Waals surface area contributed by atoms with Crippen molar-refractivity contribution in [3.63, 3.8) is 0 Å². The van der Waals surface area contributed by atoms with Crippen molar-refractivity contribution in [2.45, 2.75) is 46.5 Å². The molecule has 4 nitrogen and oxygen atoms in total. The van der Waals surface area contributed by atoms with E-state index in [1.807, 2.05) is 19.1 Å². The van der Waals surface area contributed by atoms with E-state index >= 15 is 0 Å². The van der Waals surface area contributed by atoms with Gasteiger partial charge in [0, 0.05) is 22.7 Å². The fourth-order valence-corrected chi connectivity index (χ4v) is 1.38. The molecule has 0 aliphatic rings. The SMILES string of the molecule is CC/C=C(/C)C(=O)Nc1cc(C(C)(C)C)[nH]n1. The number of carbonyl (C=O) groups is 1. The van der Waals surface area contributed by atoms with Crippen LogP contribution >= 0.6 is 0 Å². The number of hydrogen-bond donors (Lipinski definition) is 2. The number of rotatable bonds is 3. The first-order valence-electron chi connectivity index (χ1n) is 5.88. The summed E-state index contributed by atoms with van der Waals surface area (Å²) in [5, 5.41) is 9.79. The topological polar surface area (TPSA) is 57.8 Å². The normalized spacial score (nSPS) is 12.6. The number of nitrogens with zero attached hydrogens (tertiary/aromatic N) is 1. The second kappa shape index (κ2) is 5.17. The van der Waals surface area contributed by atoms with Crippen molar-refractivity contribution in [2.75, 3.05) is 5.32 Å². The third kappa shape index (κ3) is 3.73. The highest BCUT2D eigenvalue weighted by Gasteiger charge is 2.17. The van der Waals surface area contributed by atoms with Crippen molar-refractivity contribution in [1.82, 2.24) is 10.2 Å². The quantitative estimate of drug-likeness (QED) is 0.791. The van der Waals surface area contributed by atoms with Crippen molar-refractivity contribution in [3.05, 3.63) is 23.4 Å². The van der Waals surface area contributed by atoms with E-state index < -0.39 is 0 Å². The number of allylic oxidation sites excluding steroid dienone is 1. The summed E-state index contributed by atoms with van der Waals surface area (Å²) in [7, 11) is 0.